The monoisotopic (exact) mass is 311 g/mol. The summed E-state index contributed by atoms with van der Waals surface area (Å²) >= 11 is 0. The minimum Gasteiger partial charge on any atom is -0.337 e. The molecule has 23 heavy (non-hydrogen) atoms. The Hall–Kier alpha value is -2.20. The van der Waals surface area contributed by atoms with Gasteiger partial charge in [0.05, 0.1) is 0 Å². The zero-order valence-electron chi connectivity index (χ0n) is 14.0. The number of likely N-dealkylation sites (N-methyl/N-ethyl adjacent to an activating group) is 1. The van der Waals surface area contributed by atoms with Crippen LogP contribution in [0.3, 0.4) is 0 Å². The van der Waals surface area contributed by atoms with E-state index in [-0.39, 0.29) is 5.91 Å². The van der Waals surface area contributed by atoms with Crippen LogP contribution in [0, 0.1) is 0 Å². The highest BCUT2D eigenvalue weighted by atomic mass is 16.2. The first kappa shape index (κ1) is 17.2. The van der Waals surface area contributed by atoms with Gasteiger partial charge in [0, 0.05) is 38.4 Å². The van der Waals surface area contributed by atoms with Gasteiger partial charge in [0.1, 0.15) is 0 Å². The Bertz CT molecular complexity index is 584. The van der Waals surface area contributed by atoms with Crippen LogP contribution in [0.5, 0.6) is 0 Å². The predicted molar refractivity (Wildman–Crippen MR) is 93.0 cm³/mol. The molecule has 0 spiro atoms. The molecule has 2 aromatic rings. The number of rotatable bonds is 8. The van der Waals surface area contributed by atoms with E-state index >= 15 is 0 Å². The van der Waals surface area contributed by atoms with Crippen molar-refractivity contribution in [2.75, 3.05) is 27.2 Å². The van der Waals surface area contributed by atoms with Crippen molar-refractivity contribution >= 4 is 5.91 Å². The molecule has 1 aromatic carbocycles. The first-order chi connectivity index (χ1) is 11.1. The molecule has 1 amide bonds. The number of hydrogen-bond donors (Lipinski definition) is 0. The van der Waals surface area contributed by atoms with Gasteiger partial charge in [-0.3, -0.25) is 9.78 Å². The second kappa shape index (κ2) is 9.06. The molecule has 0 aliphatic carbocycles. The lowest BCUT2D eigenvalue weighted by atomic mass is 10.1. The van der Waals surface area contributed by atoms with E-state index in [1.54, 1.807) is 6.20 Å². The smallest absolute Gasteiger partial charge is 0.223 e. The number of nitrogens with zero attached hydrogens (tertiary/aromatic N) is 3. The third-order valence-corrected chi connectivity index (χ3v) is 3.74. The number of pyridine rings is 1. The van der Waals surface area contributed by atoms with Crippen molar-refractivity contribution in [3.8, 4) is 0 Å². The van der Waals surface area contributed by atoms with Crippen molar-refractivity contribution in [2.45, 2.75) is 19.4 Å². The largest absolute Gasteiger partial charge is 0.337 e. The SMILES string of the molecule is CN(C)CCN(Cc1ccccc1)C(=O)CCc1cccnc1. The molecule has 1 aromatic heterocycles. The topological polar surface area (TPSA) is 36.4 Å². The molecule has 0 aliphatic rings. The standard InChI is InChI=1S/C19H25N3O/c1-21(2)13-14-22(16-18-7-4-3-5-8-18)19(23)11-10-17-9-6-12-20-15-17/h3-9,12,15H,10-11,13-14,16H2,1-2H3. The molecule has 0 saturated carbocycles. The molecule has 0 saturated heterocycles. The molecule has 0 N–H and O–H groups in total. The maximum atomic E-state index is 12.6. The van der Waals surface area contributed by atoms with Crippen molar-refractivity contribution in [1.29, 1.82) is 0 Å². The number of benzene rings is 1. The summed E-state index contributed by atoms with van der Waals surface area (Å²) in [6.45, 7) is 2.28. The molecular weight excluding hydrogens is 286 g/mol. The van der Waals surface area contributed by atoms with E-state index in [0.29, 0.717) is 13.0 Å². The highest BCUT2D eigenvalue weighted by Gasteiger charge is 2.14. The van der Waals surface area contributed by atoms with Gasteiger partial charge in [-0.25, -0.2) is 0 Å². The van der Waals surface area contributed by atoms with Crippen LogP contribution in [-0.4, -0.2) is 47.9 Å². The Labute approximate surface area is 138 Å². The summed E-state index contributed by atoms with van der Waals surface area (Å²) in [5.74, 6) is 0.194. The number of amides is 1. The van der Waals surface area contributed by atoms with Gasteiger partial charge in [-0.15, -0.1) is 0 Å². The van der Waals surface area contributed by atoms with Crippen molar-refractivity contribution in [2.24, 2.45) is 0 Å². The minimum absolute atomic E-state index is 0.194. The molecule has 4 nitrogen and oxygen atoms in total. The van der Waals surface area contributed by atoms with E-state index < -0.39 is 0 Å². The molecule has 4 heteroatoms. The quantitative estimate of drug-likeness (QED) is 0.752. The Kier molecular flexibility index (Phi) is 6.76. The molecule has 122 valence electrons. The zero-order valence-corrected chi connectivity index (χ0v) is 14.0. The second-order valence-corrected chi connectivity index (χ2v) is 5.97. The van der Waals surface area contributed by atoms with E-state index in [0.717, 1.165) is 25.1 Å². The summed E-state index contributed by atoms with van der Waals surface area (Å²) < 4.78 is 0. The van der Waals surface area contributed by atoms with E-state index in [1.807, 2.05) is 55.5 Å². The van der Waals surface area contributed by atoms with Crippen LogP contribution in [-0.2, 0) is 17.8 Å². The third-order valence-electron chi connectivity index (χ3n) is 3.74. The first-order valence-electron chi connectivity index (χ1n) is 8.00. The van der Waals surface area contributed by atoms with Gasteiger partial charge in [-0.2, -0.15) is 0 Å². The molecule has 0 unspecified atom stereocenters. The number of aryl methyl sites for hydroxylation is 1. The van der Waals surface area contributed by atoms with Gasteiger partial charge >= 0.3 is 0 Å². The summed E-state index contributed by atoms with van der Waals surface area (Å²) in [5, 5.41) is 0. The molecule has 2 rings (SSSR count). The fraction of sp³-hybridized carbons (Fsp3) is 0.368. The van der Waals surface area contributed by atoms with Crippen LogP contribution in [0.2, 0.25) is 0 Å². The van der Waals surface area contributed by atoms with Crippen molar-refractivity contribution in [3.05, 3.63) is 66.0 Å². The number of carbonyl (C=O) groups excluding carboxylic acids is 1. The van der Waals surface area contributed by atoms with E-state index in [9.17, 15) is 4.79 Å². The summed E-state index contributed by atoms with van der Waals surface area (Å²) in [6.07, 6.45) is 4.84. The lowest BCUT2D eigenvalue weighted by Gasteiger charge is -2.24. The van der Waals surface area contributed by atoms with Crippen LogP contribution in [0.25, 0.3) is 0 Å². The molecule has 1 heterocycles. The lowest BCUT2D eigenvalue weighted by molar-refractivity contribution is -0.131. The van der Waals surface area contributed by atoms with Gasteiger partial charge in [0.2, 0.25) is 5.91 Å². The van der Waals surface area contributed by atoms with Crippen molar-refractivity contribution in [1.82, 2.24) is 14.8 Å². The Morgan fingerprint density at radius 3 is 2.39 bits per heavy atom. The third kappa shape index (κ3) is 6.20. The summed E-state index contributed by atoms with van der Waals surface area (Å²) in [4.78, 5) is 20.8. The maximum absolute atomic E-state index is 12.6. The maximum Gasteiger partial charge on any atom is 0.223 e. The van der Waals surface area contributed by atoms with Crippen LogP contribution in [0.4, 0.5) is 0 Å². The summed E-state index contributed by atoms with van der Waals surface area (Å²) in [7, 11) is 4.06. The summed E-state index contributed by atoms with van der Waals surface area (Å²) in [5.41, 5.74) is 2.27. The van der Waals surface area contributed by atoms with Gasteiger partial charge in [-0.1, -0.05) is 36.4 Å². The summed E-state index contributed by atoms with van der Waals surface area (Å²) in [6, 6.07) is 14.1. The zero-order chi connectivity index (χ0) is 16.5. The molecule has 0 atom stereocenters. The number of carbonyl (C=O) groups is 1. The van der Waals surface area contributed by atoms with Gasteiger partial charge in [0.25, 0.3) is 0 Å². The van der Waals surface area contributed by atoms with Crippen LogP contribution in [0.15, 0.2) is 54.9 Å². The average Bonchev–Trinajstić information content (AvgIpc) is 2.58. The molecule has 0 radical (unpaired) electrons. The Balaban J connectivity index is 1.95. The highest BCUT2D eigenvalue weighted by Crippen LogP contribution is 2.09. The van der Waals surface area contributed by atoms with Gasteiger partial charge in [-0.05, 0) is 37.7 Å². The second-order valence-electron chi connectivity index (χ2n) is 5.97. The fourth-order valence-electron chi connectivity index (χ4n) is 2.37. The molecule has 0 bridgehead atoms. The molecular formula is C19H25N3O. The average molecular weight is 311 g/mol. The van der Waals surface area contributed by atoms with E-state index in [1.165, 1.54) is 5.56 Å². The van der Waals surface area contributed by atoms with E-state index in [2.05, 4.69) is 22.0 Å². The molecule has 0 fully saturated rings. The van der Waals surface area contributed by atoms with Crippen molar-refractivity contribution < 1.29 is 4.79 Å². The van der Waals surface area contributed by atoms with Gasteiger partial charge in [0.15, 0.2) is 0 Å². The number of aromatic nitrogens is 1. The van der Waals surface area contributed by atoms with Crippen LogP contribution in [0.1, 0.15) is 17.5 Å². The lowest BCUT2D eigenvalue weighted by Crippen LogP contribution is -2.36. The van der Waals surface area contributed by atoms with Gasteiger partial charge < -0.3 is 9.80 Å². The Morgan fingerprint density at radius 1 is 1.00 bits per heavy atom. The van der Waals surface area contributed by atoms with E-state index in [4.69, 9.17) is 0 Å². The predicted octanol–water partition coefficient (Wildman–Crippen LogP) is 2.60. The Morgan fingerprint density at radius 2 is 1.74 bits per heavy atom. The first-order valence-corrected chi connectivity index (χ1v) is 8.00. The normalized spacial score (nSPS) is 10.7. The van der Waals surface area contributed by atoms with Crippen LogP contribution < -0.4 is 0 Å². The number of hydrogen-bond acceptors (Lipinski definition) is 3. The van der Waals surface area contributed by atoms with Crippen molar-refractivity contribution in [3.63, 3.8) is 0 Å². The fourth-order valence-corrected chi connectivity index (χ4v) is 2.37. The molecule has 0 aliphatic heterocycles. The highest BCUT2D eigenvalue weighted by molar-refractivity contribution is 5.76. The van der Waals surface area contributed by atoms with Crippen LogP contribution >= 0.6 is 0 Å². The minimum atomic E-state index is 0.194.